The zero-order valence-corrected chi connectivity index (χ0v) is 15.4. The molecule has 0 unspecified atom stereocenters. The van der Waals surface area contributed by atoms with Gasteiger partial charge in [-0.2, -0.15) is 0 Å². The van der Waals surface area contributed by atoms with Gasteiger partial charge in [0.1, 0.15) is 5.76 Å². The van der Waals surface area contributed by atoms with Crippen LogP contribution in [0.3, 0.4) is 0 Å². The van der Waals surface area contributed by atoms with E-state index >= 15 is 0 Å². The predicted molar refractivity (Wildman–Crippen MR) is 92.5 cm³/mol. The van der Waals surface area contributed by atoms with E-state index in [9.17, 15) is 19.5 Å². The van der Waals surface area contributed by atoms with Gasteiger partial charge in [-0.15, -0.1) is 0 Å². The molecule has 1 spiro atoms. The minimum absolute atomic E-state index is 0.0834. The monoisotopic (exact) mass is 363 g/mol. The Morgan fingerprint density at radius 1 is 1.31 bits per heavy atom. The van der Waals surface area contributed by atoms with Crippen LogP contribution in [0.15, 0.2) is 16.5 Å². The van der Waals surface area contributed by atoms with Crippen molar-refractivity contribution < 1.29 is 23.9 Å². The molecule has 2 saturated heterocycles. The summed E-state index contributed by atoms with van der Waals surface area (Å²) in [6.45, 7) is 1.92. The number of nitrogens with zero attached hydrogens (tertiary/aromatic N) is 3. The van der Waals surface area contributed by atoms with Gasteiger partial charge in [-0.3, -0.25) is 19.3 Å². The molecule has 0 saturated carbocycles. The van der Waals surface area contributed by atoms with Gasteiger partial charge in [0.2, 0.25) is 5.91 Å². The second-order valence-corrected chi connectivity index (χ2v) is 7.39. The van der Waals surface area contributed by atoms with E-state index in [0.29, 0.717) is 44.0 Å². The maximum absolute atomic E-state index is 12.1. The van der Waals surface area contributed by atoms with Crippen LogP contribution >= 0.6 is 0 Å². The van der Waals surface area contributed by atoms with E-state index in [1.165, 1.54) is 4.90 Å². The third kappa shape index (κ3) is 3.09. The van der Waals surface area contributed by atoms with E-state index < -0.39 is 17.4 Å². The summed E-state index contributed by atoms with van der Waals surface area (Å²) in [5, 5.41) is 9.52. The first kappa shape index (κ1) is 18.4. The molecular formula is C18H25N3O5. The van der Waals surface area contributed by atoms with Gasteiger partial charge in [-0.25, -0.2) is 0 Å². The minimum atomic E-state index is -0.894. The normalized spacial score (nSPS) is 22.8. The predicted octanol–water partition coefficient (Wildman–Crippen LogP) is 0.879. The van der Waals surface area contributed by atoms with Crippen molar-refractivity contribution in [1.82, 2.24) is 14.7 Å². The van der Waals surface area contributed by atoms with Crippen molar-refractivity contribution in [3.8, 4) is 0 Å². The molecule has 2 fully saturated rings. The Kier molecular flexibility index (Phi) is 4.79. The summed E-state index contributed by atoms with van der Waals surface area (Å²) in [6, 6.07) is 3.47. The third-order valence-electron chi connectivity index (χ3n) is 5.75. The average molecular weight is 363 g/mol. The van der Waals surface area contributed by atoms with Crippen LogP contribution in [0.1, 0.15) is 35.6 Å². The smallest absolute Gasteiger partial charge is 0.309 e. The maximum Gasteiger partial charge on any atom is 0.309 e. The highest BCUT2D eigenvalue weighted by Crippen LogP contribution is 2.43. The van der Waals surface area contributed by atoms with E-state index in [2.05, 4.69) is 4.90 Å². The number of carbonyl (C=O) groups is 3. The van der Waals surface area contributed by atoms with Crippen LogP contribution in [-0.4, -0.2) is 77.4 Å². The molecule has 3 rings (SSSR count). The zero-order chi connectivity index (χ0) is 19.1. The maximum atomic E-state index is 12.1. The average Bonchev–Trinajstić information content (AvgIpc) is 3.15. The van der Waals surface area contributed by atoms with Crippen molar-refractivity contribution in [2.75, 3.05) is 34.2 Å². The number of likely N-dealkylation sites (tertiary alicyclic amines) is 2. The van der Waals surface area contributed by atoms with Crippen LogP contribution in [0.5, 0.6) is 0 Å². The second-order valence-electron chi connectivity index (χ2n) is 7.39. The molecule has 142 valence electrons. The van der Waals surface area contributed by atoms with Gasteiger partial charge in [0.25, 0.3) is 5.91 Å². The zero-order valence-electron chi connectivity index (χ0n) is 15.4. The lowest BCUT2D eigenvalue weighted by atomic mass is 9.77. The number of carboxylic acid groups (broad SMARTS) is 1. The fourth-order valence-corrected chi connectivity index (χ4v) is 4.10. The molecule has 1 aromatic heterocycles. The van der Waals surface area contributed by atoms with E-state index in [4.69, 9.17) is 4.42 Å². The van der Waals surface area contributed by atoms with Gasteiger partial charge in [-0.05, 0) is 25.0 Å². The first-order valence-corrected chi connectivity index (χ1v) is 8.77. The standard InChI is InChI=1S/C18H25N3O5/c1-19(2)16(23)14-5-4-12(26-14)11-21-8-6-18(7-9-21)13(17(24)25)10-15(22)20(18)3/h4-5,13H,6-11H2,1-3H3,(H,24,25)/t13-/m0/s1. The molecule has 26 heavy (non-hydrogen) atoms. The molecule has 2 amide bonds. The van der Waals surface area contributed by atoms with Gasteiger partial charge in [-0.1, -0.05) is 0 Å². The molecule has 8 heteroatoms. The van der Waals surface area contributed by atoms with Gasteiger partial charge < -0.3 is 19.3 Å². The fourth-order valence-electron chi connectivity index (χ4n) is 4.10. The fraction of sp³-hybridized carbons (Fsp3) is 0.611. The summed E-state index contributed by atoms with van der Waals surface area (Å²) in [5.41, 5.74) is -0.589. The molecule has 0 radical (unpaired) electrons. The Labute approximate surface area is 152 Å². The van der Waals surface area contributed by atoms with Crippen LogP contribution in [-0.2, 0) is 16.1 Å². The van der Waals surface area contributed by atoms with Gasteiger partial charge in [0, 0.05) is 40.7 Å². The molecule has 2 aliphatic rings. The molecule has 0 aromatic carbocycles. The van der Waals surface area contributed by atoms with Gasteiger partial charge in [0.15, 0.2) is 5.76 Å². The van der Waals surface area contributed by atoms with E-state index in [1.54, 1.807) is 38.2 Å². The minimum Gasteiger partial charge on any atom is -0.481 e. The van der Waals surface area contributed by atoms with Crippen molar-refractivity contribution in [1.29, 1.82) is 0 Å². The van der Waals surface area contributed by atoms with E-state index in [-0.39, 0.29) is 18.2 Å². The molecule has 0 bridgehead atoms. The highest BCUT2D eigenvalue weighted by molar-refractivity contribution is 5.91. The number of rotatable bonds is 4. The van der Waals surface area contributed by atoms with Crippen molar-refractivity contribution in [3.05, 3.63) is 23.7 Å². The summed E-state index contributed by atoms with van der Waals surface area (Å²) in [6.07, 6.45) is 1.33. The Balaban J connectivity index is 1.65. The third-order valence-corrected chi connectivity index (χ3v) is 5.75. The number of amides is 2. The lowest BCUT2D eigenvalue weighted by molar-refractivity contribution is -0.146. The van der Waals surface area contributed by atoms with Crippen molar-refractivity contribution in [2.45, 2.75) is 31.3 Å². The molecular weight excluding hydrogens is 338 g/mol. The Bertz CT molecular complexity index is 718. The summed E-state index contributed by atoms with van der Waals surface area (Å²) in [4.78, 5) is 40.9. The van der Waals surface area contributed by atoms with E-state index in [1.807, 2.05) is 0 Å². The number of furan rings is 1. The number of hydrogen-bond acceptors (Lipinski definition) is 5. The second kappa shape index (κ2) is 6.75. The van der Waals surface area contributed by atoms with Crippen LogP contribution in [0.4, 0.5) is 0 Å². The largest absolute Gasteiger partial charge is 0.481 e. The lowest BCUT2D eigenvalue weighted by Gasteiger charge is -2.45. The van der Waals surface area contributed by atoms with Crippen LogP contribution in [0.25, 0.3) is 0 Å². The van der Waals surface area contributed by atoms with Crippen molar-refractivity contribution in [3.63, 3.8) is 0 Å². The van der Waals surface area contributed by atoms with E-state index in [0.717, 1.165) is 0 Å². The topological polar surface area (TPSA) is 94.3 Å². The van der Waals surface area contributed by atoms with Gasteiger partial charge >= 0.3 is 5.97 Å². The summed E-state index contributed by atoms with van der Waals surface area (Å²) in [7, 11) is 5.06. The molecule has 1 atom stereocenters. The van der Waals surface area contributed by atoms with Crippen LogP contribution < -0.4 is 0 Å². The number of hydrogen-bond donors (Lipinski definition) is 1. The van der Waals surface area contributed by atoms with Crippen molar-refractivity contribution in [2.24, 2.45) is 5.92 Å². The van der Waals surface area contributed by atoms with Crippen LogP contribution in [0.2, 0.25) is 0 Å². The summed E-state index contributed by atoms with van der Waals surface area (Å²) >= 11 is 0. The molecule has 2 aliphatic heterocycles. The first-order valence-electron chi connectivity index (χ1n) is 8.77. The highest BCUT2D eigenvalue weighted by Gasteiger charge is 2.55. The molecule has 1 aromatic rings. The SMILES string of the molecule is CN(C)C(=O)c1ccc(CN2CCC3(CC2)[C@H](C(=O)O)CC(=O)N3C)o1. The number of carboxylic acids is 1. The first-order chi connectivity index (χ1) is 12.2. The Hall–Kier alpha value is -2.35. The number of piperidine rings is 1. The van der Waals surface area contributed by atoms with Gasteiger partial charge in [0.05, 0.1) is 18.0 Å². The summed E-state index contributed by atoms with van der Waals surface area (Å²) in [5.74, 6) is -0.792. The Morgan fingerprint density at radius 2 is 1.96 bits per heavy atom. The molecule has 3 heterocycles. The lowest BCUT2D eigenvalue weighted by Crippen LogP contribution is -2.55. The summed E-state index contributed by atoms with van der Waals surface area (Å²) < 4.78 is 5.63. The van der Waals surface area contributed by atoms with Crippen molar-refractivity contribution >= 4 is 17.8 Å². The molecule has 1 N–H and O–H groups in total. The number of carbonyl (C=O) groups excluding carboxylic acids is 2. The van der Waals surface area contributed by atoms with Crippen LogP contribution in [0, 0.1) is 5.92 Å². The highest BCUT2D eigenvalue weighted by atomic mass is 16.4. The molecule has 8 nitrogen and oxygen atoms in total. The number of aliphatic carboxylic acids is 1. The quantitative estimate of drug-likeness (QED) is 0.853. The molecule has 0 aliphatic carbocycles. The Morgan fingerprint density at radius 3 is 2.54 bits per heavy atom.